The molecule has 0 bridgehead atoms. The highest BCUT2D eigenvalue weighted by Gasteiger charge is 2.03. The van der Waals surface area contributed by atoms with Crippen LogP contribution in [0.5, 0.6) is 0 Å². The molecule has 12 heavy (non-hydrogen) atoms. The van der Waals surface area contributed by atoms with Crippen molar-refractivity contribution in [3.05, 3.63) is 0 Å². The number of nitrogens with two attached hydrogens (primary N) is 1. The van der Waals surface area contributed by atoms with Crippen LogP contribution in [0.4, 0.5) is 0 Å². The highest BCUT2D eigenvalue weighted by molar-refractivity contribution is 5.96. The van der Waals surface area contributed by atoms with E-state index in [0.717, 1.165) is 0 Å². The maximum atomic E-state index is 10.7. The van der Waals surface area contributed by atoms with Crippen molar-refractivity contribution in [3.8, 4) is 0 Å². The van der Waals surface area contributed by atoms with Crippen molar-refractivity contribution in [2.24, 2.45) is 10.8 Å². The molecular weight excluding hydrogens is 162 g/mol. The minimum absolute atomic E-state index is 0.0144. The Labute approximate surface area is 69.8 Å². The fraction of sp³-hybridized carbons (Fsp3) is 0.500. The number of hydrogen-bond donors (Lipinski definition) is 2. The normalized spacial score (nSPS) is 10.6. The van der Waals surface area contributed by atoms with Gasteiger partial charge in [0, 0.05) is 0 Å². The van der Waals surface area contributed by atoms with Gasteiger partial charge in [0.1, 0.15) is 12.3 Å². The van der Waals surface area contributed by atoms with E-state index >= 15 is 0 Å². The van der Waals surface area contributed by atoms with E-state index in [4.69, 9.17) is 5.73 Å². The molecule has 3 N–H and O–H groups in total. The Balaban J connectivity index is 3.74. The van der Waals surface area contributed by atoms with E-state index in [2.05, 4.69) is 9.84 Å². The smallest absolute Gasteiger partial charge is 0.313 e. The summed E-state index contributed by atoms with van der Waals surface area (Å²) in [5.41, 5.74) is 7.19. The van der Waals surface area contributed by atoms with Crippen molar-refractivity contribution in [2.45, 2.75) is 13.3 Å². The molecule has 0 saturated heterocycles. The molecule has 0 unspecified atom stereocenters. The minimum Gasteiger partial charge on any atom is -0.466 e. The first-order chi connectivity index (χ1) is 5.70. The zero-order valence-electron chi connectivity index (χ0n) is 6.74. The quantitative estimate of drug-likeness (QED) is 0.182. The van der Waals surface area contributed by atoms with E-state index in [0.29, 0.717) is 13.0 Å². The molecule has 0 atom stereocenters. The van der Waals surface area contributed by atoms with Crippen molar-refractivity contribution >= 4 is 18.2 Å². The molecule has 0 spiro atoms. The Kier molecular flexibility index (Phi) is 5.33. The van der Waals surface area contributed by atoms with Crippen molar-refractivity contribution in [3.63, 3.8) is 0 Å². The van der Waals surface area contributed by atoms with Gasteiger partial charge < -0.3 is 10.5 Å². The number of nitrogens with one attached hydrogen (secondary N) is 1. The van der Waals surface area contributed by atoms with Crippen LogP contribution in [0, 0.1) is 0 Å². The zero-order valence-corrected chi connectivity index (χ0v) is 6.74. The molecule has 0 rings (SSSR count). The van der Waals surface area contributed by atoms with Crippen LogP contribution >= 0.6 is 0 Å². The average Bonchev–Trinajstić information content (AvgIpc) is 2.01. The van der Waals surface area contributed by atoms with E-state index in [9.17, 15) is 9.59 Å². The predicted molar refractivity (Wildman–Crippen MR) is 42.1 cm³/mol. The number of hydrazone groups is 1. The monoisotopic (exact) mass is 173 g/mol. The van der Waals surface area contributed by atoms with Crippen LogP contribution in [0.15, 0.2) is 5.10 Å². The number of carbonyl (C=O) groups excluding carboxylic acids is 2. The van der Waals surface area contributed by atoms with Gasteiger partial charge in [-0.05, 0) is 6.92 Å². The Morgan fingerprint density at radius 2 is 2.42 bits per heavy atom. The largest absolute Gasteiger partial charge is 0.466 e. The molecule has 0 aromatic carbocycles. The highest BCUT2D eigenvalue weighted by atomic mass is 16.5. The number of carbonyl (C=O) groups is 2. The lowest BCUT2D eigenvalue weighted by Crippen LogP contribution is -2.21. The van der Waals surface area contributed by atoms with Gasteiger partial charge >= 0.3 is 5.97 Å². The fourth-order valence-corrected chi connectivity index (χ4v) is 0.509. The zero-order chi connectivity index (χ0) is 9.40. The van der Waals surface area contributed by atoms with Gasteiger partial charge in [-0.2, -0.15) is 5.10 Å². The van der Waals surface area contributed by atoms with Gasteiger partial charge in [0.25, 0.3) is 0 Å². The van der Waals surface area contributed by atoms with Gasteiger partial charge in [-0.15, -0.1) is 0 Å². The molecule has 0 aliphatic rings. The van der Waals surface area contributed by atoms with Gasteiger partial charge in [-0.25, -0.2) is 5.43 Å². The van der Waals surface area contributed by atoms with Crippen LogP contribution in [0.1, 0.15) is 13.3 Å². The van der Waals surface area contributed by atoms with Crippen molar-refractivity contribution in [2.75, 3.05) is 6.61 Å². The third-order valence-electron chi connectivity index (χ3n) is 0.892. The van der Waals surface area contributed by atoms with Gasteiger partial charge in [-0.1, -0.05) is 0 Å². The molecule has 0 heterocycles. The minimum atomic E-state index is -0.466. The molecule has 0 aromatic heterocycles. The summed E-state index contributed by atoms with van der Waals surface area (Å²) in [6.45, 7) is 1.99. The molecule has 0 aliphatic carbocycles. The molecule has 6 heteroatoms. The Hall–Kier alpha value is -1.59. The van der Waals surface area contributed by atoms with E-state index in [1.165, 1.54) is 0 Å². The molecule has 0 aliphatic heterocycles. The van der Waals surface area contributed by atoms with Gasteiger partial charge in [0.05, 0.1) is 6.61 Å². The summed E-state index contributed by atoms with van der Waals surface area (Å²) in [6, 6.07) is 0. The Morgan fingerprint density at radius 3 is 2.92 bits per heavy atom. The van der Waals surface area contributed by atoms with E-state index in [1.54, 1.807) is 6.92 Å². The molecule has 0 fully saturated rings. The Morgan fingerprint density at radius 1 is 1.75 bits per heavy atom. The maximum absolute atomic E-state index is 10.7. The van der Waals surface area contributed by atoms with Crippen molar-refractivity contribution in [1.82, 2.24) is 5.43 Å². The summed E-state index contributed by atoms with van der Waals surface area (Å²) in [7, 11) is 0. The van der Waals surface area contributed by atoms with Crippen LogP contribution in [0.3, 0.4) is 0 Å². The second kappa shape index (κ2) is 6.14. The summed E-state index contributed by atoms with van der Waals surface area (Å²) in [5, 5.41) is 3.34. The summed E-state index contributed by atoms with van der Waals surface area (Å²) in [5.74, 6) is -0.452. The van der Waals surface area contributed by atoms with E-state index in [1.807, 2.05) is 5.43 Å². The van der Waals surface area contributed by atoms with Crippen LogP contribution < -0.4 is 11.2 Å². The number of ether oxygens (including phenoxy) is 1. The predicted octanol–water partition coefficient (Wildman–Crippen LogP) is -1.04. The topological polar surface area (TPSA) is 93.8 Å². The first-order valence-corrected chi connectivity index (χ1v) is 3.37. The van der Waals surface area contributed by atoms with Gasteiger partial charge in [0.2, 0.25) is 6.41 Å². The van der Waals surface area contributed by atoms with Crippen LogP contribution in [-0.4, -0.2) is 24.8 Å². The lowest BCUT2D eigenvalue weighted by molar-refractivity contribution is -0.141. The first kappa shape index (κ1) is 10.4. The maximum Gasteiger partial charge on any atom is 0.313 e. The van der Waals surface area contributed by atoms with Gasteiger partial charge in [0.15, 0.2) is 0 Å². The lowest BCUT2D eigenvalue weighted by Gasteiger charge is -1.99. The fourth-order valence-electron chi connectivity index (χ4n) is 0.509. The van der Waals surface area contributed by atoms with Gasteiger partial charge in [-0.3, -0.25) is 9.59 Å². The molecular formula is C6H11N3O3. The van der Waals surface area contributed by atoms with Crippen molar-refractivity contribution in [1.29, 1.82) is 0 Å². The number of amides is 1. The van der Waals surface area contributed by atoms with Crippen molar-refractivity contribution < 1.29 is 14.3 Å². The lowest BCUT2D eigenvalue weighted by atomic mass is 10.4. The standard InChI is InChI=1S/C6H11N3O3/c1-2-12-6(11)3-5(7)9-8-4-10/h4H,2-3H2,1H3,(H2,7,9)(H,8,10). The molecule has 0 saturated carbocycles. The molecule has 0 aromatic rings. The number of amidine groups is 1. The second-order valence-electron chi connectivity index (χ2n) is 1.83. The molecule has 68 valence electrons. The molecule has 1 amide bonds. The third kappa shape index (κ3) is 5.21. The number of rotatable bonds is 5. The average molecular weight is 173 g/mol. The summed E-state index contributed by atoms with van der Waals surface area (Å²) in [4.78, 5) is 20.4. The summed E-state index contributed by atoms with van der Waals surface area (Å²) in [6.07, 6.45) is 0.243. The molecule has 6 nitrogen and oxygen atoms in total. The third-order valence-corrected chi connectivity index (χ3v) is 0.892. The number of hydrogen-bond acceptors (Lipinski definition) is 4. The second-order valence-corrected chi connectivity index (χ2v) is 1.83. The summed E-state index contributed by atoms with van der Waals surface area (Å²) < 4.78 is 4.58. The molecule has 0 radical (unpaired) electrons. The SMILES string of the molecule is CCOC(=O)C/C(N)=N/NC=O. The van der Waals surface area contributed by atoms with Crippen LogP contribution in [0.25, 0.3) is 0 Å². The first-order valence-electron chi connectivity index (χ1n) is 3.37. The summed E-state index contributed by atoms with van der Waals surface area (Å²) >= 11 is 0. The highest BCUT2D eigenvalue weighted by Crippen LogP contribution is 1.85. The number of esters is 1. The van der Waals surface area contributed by atoms with E-state index in [-0.39, 0.29) is 12.3 Å². The Bertz CT molecular complexity index is 190. The van der Waals surface area contributed by atoms with E-state index < -0.39 is 5.97 Å². The van der Waals surface area contributed by atoms with Crippen LogP contribution in [0.2, 0.25) is 0 Å². The number of nitrogens with zero attached hydrogens (tertiary/aromatic N) is 1. The van der Waals surface area contributed by atoms with Crippen LogP contribution in [-0.2, 0) is 14.3 Å².